The summed E-state index contributed by atoms with van der Waals surface area (Å²) >= 11 is 9.85. The highest BCUT2D eigenvalue weighted by Gasteiger charge is 2.10. The Kier molecular flexibility index (Phi) is 2.94. The summed E-state index contributed by atoms with van der Waals surface area (Å²) in [4.78, 5) is 8.88. The van der Waals surface area contributed by atoms with E-state index in [1.165, 1.54) is 0 Å². The lowest BCUT2D eigenvalue weighted by atomic mass is 10.2. The molecular formula is C16H9BrClN3. The summed E-state index contributed by atoms with van der Waals surface area (Å²) < 4.78 is 2.98. The molecule has 2 heterocycles. The Balaban J connectivity index is 2.03. The van der Waals surface area contributed by atoms with Crippen molar-refractivity contribution in [2.45, 2.75) is 0 Å². The van der Waals surface area contributed by atoms with Crippen LogP contribution in [0.3, 0.4) is 0 Å². The number of hydrogen-bond acceptors (Lipinski definition) is 2. The number of imidazole rings is 1. The summed E-state index contributed by atoms with van der Waals surface area (Å²) in [6.07, 6.45) is 1.78. The van der Waals surface area contributed by atoms with Crippen molar-refractivity contribution in [1.82, 2.24) is 14.5 Å². The average molecular weight is 359 g/mol. The minimum Gasteiger partial charge on any atom is -0.296 e. The average Bonchev–Trinajstić information content (AvgIpc) is 2.91. The molecule has 0 fully saturated rings. The molecule has 0 aliphatic rings. The molecule has 5 heteroatoms. The molecule has 0 amide bonds. The smallest absolute Gasteiger partial charge is 0.153 e. The first-order valence-corrected chi connectivity index (χ1v) is 7.58. The van der Waals surface area contributed by atoms with Gasteiger partial charge in [0.2, 0.25) is 0 Å². The van der Waals surface area contributed by atoms with Gasteiger partial charge in [0.1, 0.15) is 6.33 Å². The molecule has 4 aromatic rings. The third-order valence-electron chi connectivity index (χ3n) is 3.42. The van der Waals surface area contributed by atoms with Crippen LogP contribution in [0.2, 0.25) is 5.15 Å². The third-order valence-corrected chi connectivity index (χ3v) is 4.20. The molecule has 0 aliphatic heterocycles. The van der Waals surface area contributed by atoms with Gasteiger partial charge >= 0.3 is 0 Å². The van der Waals surface area contributed by atoms with Crippen LogP contribution in [-0.4, -0.2) is 14.5 Å². The van der Waals surface area contributed by atoms with E-state index in [1.54, 1.807) is 6.33 Å². The van der Waals surface area contributed by atoms with Crippen LogP contribution >= 0.6 is 27.5 Å². The van der Waals surface area contributed by atoms with Gasteiger partial charge in [-0.05, 0) is 36.4 Å². The fourth-order valence-corrected chi connectivity index (χ4v) is 3.05. The molecule has 2 aromatic carbocycles. The SMILES string of the molecule is Clc1nc2ccc(Br)cc2cc1-n1cnc2ccccc21. The van der Waals surface area contributed by atoms with Crippen LogP contribution in [-0.2, 0) is 0 Å². The van der Waals surface area contributed by atoms with Crippen molar-refractivity contribution in [3.05, 3.63) is 64.5 Å². The number of hydrogen-bond donors (Lipinski definition) is 0. The van der Waals surface area contributed by atoms with Crippen LogP contribution in [0.25, 0.3) is 27.6 Å². The van der Waals surface area contributed by atoms with Crippen LogP contribution in [0.1, 0.15) is 0 Å². The van der Waals surface area contributed by atoms with E-state index < -0.39 is 0 Å². The van der Waals surface area contributed by atoms with Crippen LogP contribution in [0.4, 0.5) is 0 Å². The van der Waals surface area contributed by atoms with Gasteiger partial charge in [-0.1, -0.05) is 39.7 Å². The molecule has 0 N–H and O–H groups in total. The second-order valence-electron chi connectivity index (χ2n) is 4.74. The van der Waals surface area contributed by atoms with Crippen LogP contribution in [0, 0.1) is 0 Å². The standard InChI is InChI=1S/C16H9BrClN3/c17-11-5-6-12-10(7-11)8-15(16(18)20-12)21-9-19-13-3-1-2-4-14(13)21/h1-9H. The van der Waals surface area contributed by atoms with Crippen molar-refractivity contribution in [2.24, 2.45) is 0 Å². The highest BCUT2D eigenvalue weighted by Crippen LogP contribution is 2.28. The molecule has 0 aliphatic carbocycles. The summed E-state index contributed by atoms with van der Waals surface area (Å²) in [6.45, 7) is 0. The van der Waals surface area contributed by atoms with E-state index in [0.717, 1.165) is 32.1 Å². The molecule has 0 spiro atoms. The van der Waals surface area contributed by atoms with Crippen LogP contribution in [0.5, 0.6) is 0 Å². The predicted octanol–water partition coefficient (Wildman–Crippen LogP) is 4.99. The Morgan fingerprint density at radius 2 is 1.86 bits per heavy atom. The Morgan fingerprint density at radius 1 is 1.00 bits per heavy atom. The monoisotopic (exact) mass is 357 g/mol. The number of halogens is 2. The van der Waals surface area contributed by atoms with Crippen molar-refractivity contribution in [3.63, 3.8) is 0 Å². The first-order valence-electron chi connectivity index (χ1n) is 6.41. The summed E-state index contributed by atoms with van der Waals surface area (Å²) in [7, 11) is 0. The Morgan fingerprint density at radius 3 is 2.76 bits per heavy atom. The fourth-order valence-electron chi connectivity index (χ4n) is 2.43. The molecule has 21 heavy (non-hydrogen) atoms. The lowest BCUT2D eigenvalue weighted by molar-refractivity contribution is 1.08. The highest BCUT2D eigenvalue weighted by molar-refractivity contribution is 9.10. The van der Waals surface area contributed by atoms with Gasteiger partial charge in [0.15, 0.2) is 5.15 Å². The van der Waals surface area contributed by atoms with E-state index in [0.29, 0.717) is 5.15 Å². The zero-order valence-corrected chi connectivity index (χ0v) is 13.1. The summed E-state index contributed by atoms with van der Waals surface area (Å²) in [5.41, 5.74) is 3.64. The van der Waals surface area contributed by atoms with E-state index in [1.807, 2.05) is 53.1 Å². The lowest BCUT2D eigenvalue weighted by Crippen LogP contribution is -1.95. The summed E-state index contributed by atoms with van der Waals surface area (Å²) in [5.74, 6) is 0. The zero-order chi connectivity index (χ0) is 14.4. The zero-order valence-electron chi connectivity index (χ0n) is 10.8. The van der Waals surface area contributed by atoms with E-state index in [2.05, 4.69) is 25.9 Å². The molecule has 0 atom stereocenters. The van der Waals surface area contributed by atoms with Crippen molar-refractivity contribution in [3.8, 4) is 5.69 Å². The Hall–Kier alpha value is -1.91. The minimum atomic E-state index is 0.466. The van der Waals surface area contributed by atoms with E-state index in [-0.39, 0.29) is 0 Å². The van der Waals surface area contributed by atoms with E-state index >= 15 is 0 Å². The summed E-state index contributed by atoms with van der Waals surface area (Å²) in [5, 5.41) is 1.49. The Bertz CT molecular complexity index is 978. The molecule has 4 rings (SSSR count). The van der Waals surface area contributed by atoms with Gasteiger partial charge in [-0.15, -0.1) is 0 Å². The second-order valence-corrected chi connectivity index (χ2v) is 6.01. The largest absolute Gasteiger partial charge is 0.296 e. The first kappa shape index (κ1) is 12.8. The van der Waals surface area contributed by atoms with Crippen molar-refractivity contribution < 1.29 is 0 Å². The number of fused-ring (bicyclic) bond motifs is 2. The molecule has 0 bridgehead atoms. The van der Waals surface area contributed by atoms with Gasteiger partial charge in [0.25, 0.3) is 0 Å². The molecule has 0 unspecified atom stereocenters. The number of para-hydroxylation sites is 2. The van der Waals surface area contributed by atoms with Crippen LogP contribution in [0.15, 0.2) is 59.3 Å². The molecular weight excluding hydrogens is 350 g/mol. The summed E-state index contributed by atoms with van der Waals surface area (Å²) in [6, 6.07) is 15.9. The molecule has 0 saturated carbocycles. The van der Waals surface area contributed by atoms with E-state index in [9.17, 15) is 0 Å². The number of pyridine rings is 1. The number of benzene rings is 2. The fraction of sp³-hybridized carbons (Fsp3) is 0. The van der Waals surface area contributed by atoms with Crippen molar-refractivity contribution in [1.29, 1.82) is 0 Å². The maximum atomic E-state index is 6.36. The lowest BCUT2D eigenvalue weighted by Gasteiger charge is -2.08. The molecule has 3 nitrogen and oxygen atoms in total. The van der Waals surface area contributed by atoms with Crippen LogP contribution < -0.4 is 0 Å². The van der Waals surface area contributed by atoms with E-state index in [4.69, 9.17) is 11.6 Å². The normalized spacial score (nSPS) is 11.3. The molecule has 102 valence electrons. The molecule has 0 radical (unpaired) electrons. The Labute approximate surface area is 134 Å². The maximum Gasteiger partial charge on any atom is 0.153 e. The van der Waals surface area contributed by atoms with Gasteiger partial charge in [0.05, 0.1) is 22.2 Å². The maximum absolute atomic E-state index is 6.36. The van der Waals surface area contributed by atoms with Crippen molar-refractivity contribution in [2.75, 3.05) is 0 Å². The third kappa shape index (κ3) is 2.11. The van der Waals surface area contributed by atoms with Gasteiger partial charge in [-0.2, -0.15) is 0 Å². The predicted molar refractivity (Wildman–Crippen MR) is 89.1 cm³/mol. The van der Waals surface area contributed by atoms with Gasteiger partial charge < -0.3 is 0 Å². The van der Waals surface area contributed by atoms with Crippen molar-refractivity contribution >= 4 is 49.5 Å². The van der Waals surface area contributed by atoms with Gasteiger partial charge in [-0.3, -0.25) is 4.57 Å². The molecule has 2 aromatic heterocycles. The highest BCUT2D eigenvalue weighted by atomic mass is 79.9. The van der Waals surface area contributed by atoms with Gasteiger partial charge in [-0.25, -0.2) is 9.97 Å². The first-order chi connectivity index (χ1) is 10.2. The van der Waals surface area contributed by atoms with Gasteiger partial charge in [0, 0.05) is 9.86 Å². The topological polar surface area (TPSA) is 30.7 Å². The number of aromatic nitrogens is 3. The number of nitrogens with zero attached hydrogens (tertiary/aromatic N) is 3. The molecule has 0 saturated heterocycles. The minimum absolute atomic E-state index is 0.466. The quantitative estimate of drug-likeness (QED) is 0.449. The second kappa shape index (κ2) is 4.83. The number of rotatable bonds is 1.